The zero-order valence-electron chi connectivity index (χ0n) is 11.6. The summed E-state index contributed by atoms with van der Waals surface area (Å²) in [4.78, 5) is 17.1. The van der Waals surface area contributed by atoms with Crippen LogP contribution in [0.4, 0.5) is 0 Å². The summed E-state index contributed by atoms with van der Waals surface area (Å²) < 4.78 is 2.05. The second-order valence-corrected chi connectivity index (χ2v) is 5.11. The van der Waals surface area contributed by atoms with Crippen molar-refractivity contribution in [2.24, 2.45) is 0 Å². The summed E-state index contributed by atoms with van der Waals surface area (Å²) in [5.74, 6) is 0.0444. The van der Waals surface area contributed by atoms with E-state index in [1.807, 2.05) is 53.2 Å². The summed E-state index contributed by atoms with van der Waals surface area (Å²) in [5, 5.41) is 0.912. The molecule has 3 rings (SSSR count). The van der Waals surface area contributed by atoms with Gasteiger partial charge in [0.25, 0.3) is 0 Å². The van der Waals surface area contributed by atoms with Gasteiger partial charge in [0, 0.05) is 34.9 Å². The molecule has 0 N–H and O–H groups in total. The molecule has 2 heterocycles. The molecule has 0 fully saturated rings. The lowest BCUT2D eigenvalue weighted by Crippen LogP contribution is -2.01. The number of rotatable bonds is 3. The molecule has 0 amide bonds. The summed E-state index contributed by atoms with van der Waals surface area (Å²) in [6, 6.07) is 13.5. The van der Waals surface area contributed by atoms with E-state index in [0.29, 0.717) is 11.1 Å². The molecule has 3 aromatic rings. The number of benzene rings is 1. The van der Waals surface area contributed by atoms with E-state index in [0.717, 1.165) is 11.0 Å². The Bertz CT molecular complexity index is 757. The molecule has 3 heteroatoms. The highest BCUT2D eigenvalue weighted by atomic mass is 16.1. The molecule has 0 aliphatic rings. The average molecular weight is 264 g/mol. The first-order chi connectivity index (χ1) is 9.68. The maximum Gasteiger partial charge on any atom is 0.195 e. The molecule has 2 aromatic heterocycles. The first kappa shape index (κ1) is 12.6. The predicted octanol–water partition coefficient (Wildman–Crippen LogP) is 3.85. The van der Waals surface area contributed by atoms with Gasteiger partial charge < -0.3 is 4.57 Å². The van der Waals surface area contributed by atoms with E-state index in [1.54, 1.807) is 6.20 Å². The fourth-order valence-corrected chi connectivity index (χ4v) is 2.40. The smallest absolute Gasteiger partial charge is 0.195 e. The summed E-state index contributed by atoms with van der Waals surface area (Å²) in [5.41, 5.74) is 2.29. The van der Waals surface area contributed by atoms with Crippen LogP contribution in [0.3, 0.4) is 0 Å². The summed E-state index contributed by atoms with van der Waals surface area (Å²) in [6.07, 6.45) is 3.68. The normalized spacial score (nSPS) is 11.2. The molecule has 3 nitrogen and oxygen atoms in total. The van der Waals surface area contributed by atoms with E-state index in [1.165, 1.54) is 0 Å². The fraction of sp³-hybridized carbons (Fsp3) is 0.176. The summed E-state index contributed by atoms with van der Waals surface area (Å²) in [7, 11) is 0. The van der Waals surface area contributed by atoms with Crippen LogP contribution in [0.25, 0.3) is 11.0 Å². The van der Waals surface area contributed by atoms with Crippen LogP contribution in [0.15, 0.2) is 54.9 Å². The highest BCUT2D eigenvalue weighted by Crippen LogP contribution is 2.24. The summed E-state index contributed by atoms with van der Waals surface area (Å²) in [6.45, 7) is 4.18. The third-order valence-electron chi connectivity index (χ3n) is 3.43. The minimum Gasteiger partial charge on any atom is -0.329 e. The topological polar surface area (TPSA) is 34.9 Å². The van der Waals surface area contributed by atoms with Crippen LogP contribution < -0.4 is 0 Å². The largest absolute Gasteiger partial charge is 0.329 e. The third kappa shape index (κ3) is 2.01. The third-order valence-corrected chi connectivity index (χ3v) is 3.43. The van der Waals surface area contributed by atoms with Gasteiger partial charge >= 0.3 is 0 Å². The lowest BCUT2D eigenvalue weighted by molar-refractivity contribution is 0.104. The second kappa shape index (κ2) is 4.93. The molecule has 0 atom stereocenters. The van der Waals surface area contributed by atoms with Crippen LogP contribution >= 0.6 is 0 Å². The Morgan fingerprint density at radius 1 is 1.10 bits per heavy atom. The van der Waals surface area contributed by atoms with E-state index >= 15 is 0 Å². The highest BCUT2D eigenvalue weighted by molar-refractivity contribution is 6.16. The molecule has 0 saturated carbocycles. The zero-order valence-corrected chi connectivity index (χ0v) is 11.6. The van der Waals surface area contributed by atoms with E-state index in [2.05, 4.69) is 18.8 Å². The number of hydrogen-bond acceptors (Lipinski definition) is 2. The molecule has 0 saturated heterocycles. The lowest BCUT2D eigenvalue weighted by atomic mass is 10.0. The van der Waals surface area contributed by atoms with Gasteiger partial charge in [0.15, 0.2) is 5.78 Å². The second-order valence-electron chi connectivity index (χ2n) is 5.11. The van der Waals surface area contributed by atoms with Crippen molar-refractivity contribution in [1.82, 2.24) is 9.55 Å². The number of ketones is 1. The van der Waals surface area contributed by atoms with Gasteiger partial charge in [-0.05, 0) is 26.0 Å². The van der Waals surface area contributed by atoms with Gasteiger partial charge in [-0.1, -0.05) is 30.3 Å². The monoisotopic (exact) mass is 264 g/mol. The Morgan fingerprint density at radius 2 is 1.85 bits per heavy atom. The number of pyridine rings is 1. The van der Waals surface area contributed by atoms with Crippen molar-refractivity contribution in [3.63, 3.8) is 0 Å². The molecule has 100 valence electrons. The maximum atomic E-state index is 12.7. The SMILES string of the molecule is CC(C)n1cc(C(=O)c2ccccc2)c2cccnc21. The Hall–Kier alpha value is -2.42. The predicted molar refractivity (Wildman–Crippen MR) is 80.0 cm³/mol. The van der Waals surface area contributed by atoms with Crippen LogP contribution in [0.2, 0.25) is 0 Å². The molecule has 0 spiro atoms. The molecule has 0 bridgehead atoms. The van der Waals surface area contributed by atoms with Crippen LogP contribution in [-0.4, -0.2) is 15.3 Å². The highest BCUT2D eigenvalue weighted by Gasteiger charge is 2.17. The van der Waals surface area contributed by atoms with Crippen molar-refractivity contribution in [1.29, 1.82) is 0 Å². The van der Waals surface area contributed by atoms with E-state index in [-0.39, 0.29) is 11.8 Å². The number of nitrogens with zero attached hydrogens (tertiary/aromatic N) is 2. The first-order valence-corrected chi connectivity index (χ1v) is 6.74. The van der Waals surface area contributed by atoms with Gasteiger partial charge in [0.05, 0.1) is 0 Å². The molecule has 0 unspecified atom stereocenters. The Morgan fingerprint density at radius 3 is 2.55 bits per heavy atom. The van der Waals surface area contributed by atoms with E-state index < -0.39 is 0 Å². The van der Waals surface area contributed by atoms with Crippen molar-refractivity contribution in [3.05, 3.63) is 66.0 Å². The number of carbonyl (C=O) groups excluding carboxylic acids is 1. The molecule has 20 heavy (non-hydrogen) atoms. The molecule has 0 radical (unpaired) electrons. The number of aromatic nitrogens is 2. The van der Waals surface area contributed by atoms with Crippen LogP contribution in [-0.2, 0) is 0 Å². The van der Waals surface area contributed by atoms with Gasteiger partial charge in [-0.3, -0.25) is 4.79 Å². The van der Waals surface area contributed by atoms with Crippen molar-refractivity contribution in [3.8, 4) is 0 Å². The number of hydrogen-bond donors (Lipinski definition) is 0. The Balaban J connectivity index is 2.20. The maximum absolute atomic E-state index is 12.7. The first-order valence-electron chi connectivity index (χ1n) is 6.74. The van der Waals surface area contributed by atoms with Crippen LogP contribution in [0.5, 0.6) is 0 Å². The van der Waals surface area contributed by atoms with Gasteiger partial charge in [-0.2, -0.15) is 0 Å². The Labute approximate surface area is 117 Å². The zero-order chi connectivity index (χ0) is 14.1. The van der Waals surface area contributed by atoms with Gasteiger partial charge in [-0.15, -0.1) is 0 Å². The minimum atomic E-state index is 0.0444. The van der Waals surface area contributed by atoms with Gasteiger partial charge in [0.2, 0.25) is 0 Å². The standard InChI is InChI=1S/C17H16N2O/c1-12(2)19-11-15(14-9-6-10-18-17(14)19)16(20)13-7-4-3-5-8-13/h3-12H,1-2H3. The van der Waals surface area contributed by atoms with E-state index in [9.17, 15) is 4.79 Å². The van der Waals surface area contributed by atoms with Crippen molar-refractivity contribution < 1.29 is 4.79 Å². The van der Waals surface area contributed by atoms with Crippen LogP contribution in [0.1, 0.15) is 35.8 Å². The van der Waals surface area contributed by atoms with Crippen LogP contribution in [0, 0.1) is 0 Å². The minimum absolute atomic E-state index is 0.0444. The Kier molecular flexibility index (Phi) is 3.11. The van der Waals surface area contributed by atoms with Gasteiger partial charge in [-0.25, -0.2) is 4.98 Å². The molecule has 0 aliphatic carbocycles. The molecule has 0 aliphatic heterocycles. The van der Waals surface area contributed by atoms with Crippen molar-refractivity contribution in [2.45, 2.75) is 19.9 Å². The quantitative estimate of drug-likeness (QED) is 0.673. The molecule has 1 aromatic carbocycles. The van der Waals surface area contributed by atoms with Crippen molar-refractivity contribution >= 4 is 16.8 Å². The van der Waals surface area contributed by atoms with Crippen molar-refractivity contribution in [2.75, 3.05) is 0 Å². The average Bonchev–Trinajstić information content (AvgIpc) is 2.87. The lowest BCUT2D eigenvalue weighted by Gasteiger charge is -2.07. The summed E-state index contributed by atoms with van der Waals surface area (Å²) >= 11 is 0. The molecular weight excluding hydrogens is 248 g/mol. The molecular formula is C17H16N2O. The number of fused-ring (bicyclic) bond motifs is 1. The fourth-order valence-electron chi connectivity index (χ4n) is 2.40. The van der Waals surface area contributed by atoms with E-state index in [4.69, 9.17) is 0 Å². The van der Waals surface area contributed by atoms with Gasteiger partial charge in [0.1, 0.15) is 5.65 Å². The number of carbonyl (C=O) groups is 1.